The van der Waals surface area contributed by atoms with Gasteiger partial charge in [-0.25, -0.2) is 4.79 Å². The SMILES string of the molecule is CCCC(=O)n1nnnc1-c1ccccc1-c1ccc(CNC2(C(=O)OC)CCCN2C(=O)Cc2cccnc2)cc1. The van der Waals surface area contributed by atoms with Crippen molar-refractivity contribution in [3.8, 4) is 22.5 Å². The van der Waals surface area contributed by atoms with Crippen LogP contribution in [0.5, 0.6) is 0 Å². The summed E-state index contributed by atoms with van der Waals surface area (Å²) in [6.07, 6.45) is 5.64. The summed E-state index contributed by atoms with van der Waals surface area (Å²) in [7, 11) is 1.34. The summed E-state index contributed by atoms with van der Waals surface area (Å²) in [4.78, 5) is 44.7. The Bertz CT molecular complexity index is 1560. The van der Waals surface area contributed by atoms with Crippen LogP contribution >= 0.6 is 0 Å². The standard InChI is InChI=1S/C31H33N7O4/c1-3-8-27(39)38-29(34-35-36-38)26-11-5-4-10-25(26)24-14-12-22(13-15-24)21-33-31(30(41)42-2)16-7-18-37(31)28(40)19-23-9-6-17-32-20-23/h4-6,9-15,17,20,33H,3,7-8,16,18-19,21H2,1-2H3. The molecule has 0 radical (unpaired) electrons. The van der Waals surface area contributed by atoms with Gasteiger partial charge in [0.05, 0.1) is 13.5 Å². The molecule has 4 aromatic rings. The molecule has 1 saturated heterocycles. The number of hydrogen-bond acceptors (Lipinski definition) is 9. The van der Waals surface area contributed by atoms with Gasteiger partial charge < -0.3 is 9.64 Å². The van der Waals surface area contributed by atoms with Crippen molar-refractivity contribution < 1.29 is 19.1 Å². The highest BCUT2D eigenvalue weighted by atomic mass is 16.5. The number of amides is 1. The van der Waals surface area contributed by atoms with Crippen LogP contribution in [-0.2, 0) is 27.3 Å². The van der Waals surface area contributed by atoms with E-state index in [0.717, 1.165) is 27.8 Å². The summed E-state index contributed by atoms with van der Waals surface area (Å²) in [5, 5.41) is 15.2. The van der Waals surface area contributed by atoms with Gasteiger partial charge in [0, 0.05) is 37.5 Å². The first-order chi connectivity index (χ1) is 20.5. The van der Waals surface area contributed by atoms with Gasteiger partial charge >= 0.3 is 5.97 Å². The highest BCUT2D eigenvalue weighted by Crippen LogP contribution is 2.32. The molecule has 11 nitrogen and oxygen atoms in total. The minimum Gasteiger partial charge on any atom is -0.466 e. The third kappa shape index (κ3) is 5.82. The van der Waals surface area contributed by atoms with Gasteiger partial charge in [0.1, 0.15) is 0 Å². The fraction of sp³-hybridized carbons (Fsp3) is 0.323. The number of rotatable bonds is 10. The van der Waals surface area contributed by atoms with Crippen molar-refractivity contribution in [3.63, 3.8) is 0 Å². The fourth-order valence-corrected chi connectivity index (χ4v) is 5.39. The number of carbonyl (C=O) groups is 3. The zero-order valence-corrected chi connectivity index (χ0v) is 23.7. The van der Waals surface area contributed by atoms with Crippen molar-refractivity contribution in [2.24, 2.45) is 0 Å². The molecular weight excluding hydrogens is 534 g/mol. The molecular formula is C31H33N7O4. The molecule has 0 bridgehead atoms. The van der Waals surface area contributed by atoms with E-state index in [1.165, 1.54) is 11.8 Å². The van der Waals surface area contributed by atoms with E-state index in [9.17, 15) is 14.4 Å². The normalized spacial score (nSPS) is 16.4. The lowest BCUT2D eigenvalue weighted by Gasteiger charge is -2.37. The number of methoxy groups -OCH3 is 1. The average Bonchev–Trinajstić information content (AvgIpc) is 3.69. The second kappa shape index (κ2) is 12.8. The molecule has 11 heteroatoms. The third-order valence-corrected chi connectivity index (χ3v) is 7.47. The maximum Gasteiger partial charge on any atom is 0.347 e. The lowest BCUT2D eigenvalue weighted by atomic mass is 9.98. The summed E-state index contributed by atoms with van der Waals surface area (Å²) in [5.41, 5.74) is 3.01. The van der Waals surface area contributed by atoms with E-state index in [1.54, 1.807) is 23.4 Å². The van der Waals surface area contributed by atoms with Gasteiger partial charge in [0.2, 0.25) is 11.8 Å². The number of pyridine rings is 1. The maximum absolute atomic E-state index is 13.3. The number of ether oxygens (including phenoxy) is 1. The molecule has 2 aromatic carbocycles. The molecule has 0 aliphatic carbocycles. The van der Waals surface area contributed by atoms with Gasteiger partial charge in [0.25, 0.3) is 0 Å². The van der Waals surface area contributed by atoms with Crippen molar-refractivity contribution >= 4 is 17.8 Å². The maximum atomic E-state index is 13.3. The van der Waals surface area contributed by atoms with Crippen molar-refractivity contribution in [1.29, 1.82) is 0 Å². The lowest BCUT2D eigenvalue weighted by molar-refractivity contribution is -0.162. The molecule has 0 spiro atoms. The highest BCUT2D eigenvalue weighted by Gasteiger charge is 2.50. The molecule has 1 atom stereocenters. The number of nitrogens with zero attached hydrogens (tertiary/aromatic N) is 6. The number of carbonyl (C=O) groups excluding carboxylic acids is 3. The van der Waals surface area contributed by atoms with E-state index < -0.39 is 11.6 Å². The Morgan fingerprint density at radius 1 is 0.976 bits per heavy atom. The van der Waals surface area contributed by atoms with Gasteiger partial charge in [0.15, 0.2) is 11.5 Å². The summed E-state index contributed by atoms with van der Waals surface area (Å²) >= 11 is 0. The molecule has 2 aromatic heterocycles. The Morgan fingerprint density at radius 3 is 2.48 bits per heavy atom. The van der Waals surface area contributed by atoms with Crippen LogP contribution in [0.15, 0.2) is 73.1 Å². The quantitative estimate of drug-likeness (QED) is 0.225. The van der Waals surface area contributed by atoms with Crippen molar-refractivity contribution in [1.82, 2.24) is 35.4 Å². The lowest BCUT2D eigenvalue weighted by Crippen LogP contribution is -2.62. The number of nitrogens with one attached hydrogen (secondary N) is 1. The molecule has 1 fully saturated rings. The first-order valence-corrected chi connectivity index (χ1v) is 14.0. The van der Waals surface area contributed by atoms with Gasteiger partial charge in [-0.3, -0.25) is 19.9 Å². The second-order valence-corrected chi connectivity index (χ2v) is 10.2. The summed E-state index contributed by atoms with van der Waals surface area (Å²) < 4.78 is 6.43. The molecule has 1 unspecified atom stereocenters. The van der Waals surface area contributed by atoms with Gasteiger partial charge in [-0.05, 0) is 58.0 Å². The Hall–Kier alpha value is -4.77. The van der Waals surface area contributed by atoms with Gasteiger partial charge in [-0.2, -0.15) is 4.68 Å². The van der Waals surface area contributed by atoms with E-state index in [-0.39, 0.29) is 18.2 Å². The topological polar surface area (TPSA) is 132 Å². The smallest absolute Gasteiger partial charge is 0.347 e. The Labute approximate surface area is 243 Å². The molecule has 1 amide bonds. The number of aromatic nitrogens is 5. The predicted octanol–water partition coefficient (Wildman–Crippen LogP) is 3.67. The summed E-state index contributed by atoms with van der Waals surface area (Å²) in [5.74, 6) is -0.411. The highest BCUT2D eigenvalue weighted by molar-refractivity contribution is 5.89. The molecule has 216 valence electrons. The van der Waals surface area contributed by atoms with Crippen LogP contribution in [0.2, 0.25) is 0 Å². The summed E-state index contributed by atoms with van der Waals surface area (Å²) in [6.45, 7) is 2.73. The minimum atomic E-state index is -1.25. The zero-order valence-electron chi connectivity index (χ0n) is 23.7. The Kier molecular flexibility index (Phi) is 8.77. The first-order valence-electron chi connectivity index (χ1n) is 14.0. The number of benzene rings is 2. The fourth-order valence-electron chi connectivity index (χ4n) is 5.39. The van der Waals surface area contributed by atoms with Crippen molar-refractivity contribution in [2.45, 2.75) is 51.2 Å². The molecule has 1 aliphatic heterocycles. The van der Waals surface area contributed by atoms with E-state index in [2.05, 4.69) is 25.8 Å². The van der Waals surface area contributed by atoms with Gasteiger partial charge in [-0.15, -0.1) is 5.10 Å². The van der Waals surface area contributed by atoms with Crippen LogP contribution in [0.25, 0.3) is 22.5 Å². The minimum absolute atomic E-state index is 0.149. The van der Waals surface area contributed by atoms with Crippen molar-refractivity contribution in [3.05, 3.63) is 84.2 Å². The van der Waals surface area contributed by atoms with E-state index in [4.69, 9.17) is 4.74 Å². The predicted molar refractivity (Wildman–Crippen MR) is 155 cm³/mol. The van der Waals surface area contributed by atoms with Crippen LogP contribution in [0, 0.1) is 0 Å². The molecule has 0 saturated carbocycles. The average molecular weight is 568 g/mol. The second-order valence-electron chi connectivity index (χ2n) is 10.2. The Balaban J connectivity index is 1.35. The number of esters is 1. The zero-order chi connectivity index (χ0) is 29.5. The van der Waals surface area contributed by atoms with E-state index in [0.29, 0.717) is 44.6 Å². The van der Waals surface area contributed by atoms with Gasteiger partial charge in [-0.1, -0.05) is 61.5 Å². The molecule has 42 heavy (non-hydrogen) atoms. The third-order valence-electron chi connectivity index (χ3n) is 7.47. The molecule has 3 heterocycles. The van der Waals surface area contributed by atoms with Crippen molar-refractivity contribution in [2.75, 3.05) is 13.7 Å². The van der Waals surface area contributed by atoms with Crippen LogP contribution in [-0.4, -0.2) is 67.2 Å². The van der Waals surface area contributed by atoms with Crippen LogP contribution in [0.4, 0.5) is 0 Å². The van der Waals surface area contributed by atoms with E-state index >= 15 is 0 Å². The molecule has 5 rings (SSSR count). The largest absolute Gasteiger partial charge is 0.466 e. The van der Waals surface area contributed by atoms with Crippen LogP contribution < -0.4 is 5.32 Å². The monoisotopic (exact) mass is 567 g/mol. The molecule has 1 N–H and O–H groups in total. The number of hydrogen-bond donors (Lipinski definition) is 1. The van der Waals surface area contributed by atoms with E-state index in [1.807, 2.05) is 61.5 Å². The Morgan fingerprint density at radius 2 is 1.76 bits per heavy atom. The molecule has 1 aliphatic rings. The number of tetrazole rings is 1. The van der Waals surface area contributed by atoms with Crippen LogP contribution in [0.3, 0.4) is 0 Å². The number of likely N-dealkylation sites (tertiary alicyclic amines) is 1. The first kappa shape index (κ1) is 28.7. The van der Waals surface area contributed by atoms with Crippen LogP contribution in [0.1, 0.15) is 48.5 Å². The summed E-state index contributed by atoms with van der Waals surface area (Å²) in [6, 6.07) is 19.2.